The van der Waals surface area contributed by atoms with Gasteiger partial charge in [-0.2, -0.15) is 4.31 Å². The van der Waals surface area contributed by atoms with Crippen molar-refractivity contribution in [3.05, 3.63) is 77.6 Å². The van der Waals surface area contributed by atoms with E-state index < -0.39 is 10.0 Å². The second kappa shape index (κ2) is 9.49. The standard InChI is InChI=1S/C26H26ClN3O3S/c27-24-7-5-23-18-25(8-6-22(23)17-24)34(32,33)30-15-13-29(14-16-30)26(31)21-3-1-19(2-4-21)20-9-11-28-12-10-20/h1,5-12,17-18,21H,2-4,13-16H2/t21-/m1/s1. The zero-order valence-corrected chi connectivity index (χ0v) is 20.3. The third kappa shape index (κ3) is 4.60. The van der Waals surface area contributed by atoms with Crippen molar-refractivity contribution in [3.8, 4) is 0 Å². The van der Waals surface area contributed by atoms with E-state index in [1.54, 1.807) is 36.7 Å². The maximum absolute atomic E-state index is 13.2. The van der Waals surface area contributed by atoms with Crippen LogP contribution in [0.4, 0.5) is 0 Å². The van der Waals surface area contributed by atoms with E-state index in [0.29, 0.717) is 31.2 Å². The Labute approximate surface area is 204 Å². The van der Waals surface area contributed by atoms with Crippen LogP contribution in [-0.4, -0.2) is 54.7 Å². The highest BCUT2D eigenvalue weighted by Gasteiger charge is 2.33. The Morgan fingerprint density at radius 1 is 0.941 bits per heavy atom. The van der Waals surface area contributed by atoms with E-state index in [9.17, 15) is 13.2 Å². The fourth-order valence-electron chi connectivity index (χ4n) is 4.80. The lowest BCUT2D eigenvalue weighted by Gasteiger charge is -2.36. The van der Waals surface area contributed by atoms with Crippen LogP contribution < -0.4 is 0 Å². The minimum absolute atomic E-state index is 0.0407. The summed E-state index contributed by atoms with van der Waals surface area (Å²) in [6.45, 7) is 1.44. The lowest BCUT2D eigenvalue weighted by molar-refractivity contribution is -0.136. The average Bonchev–Trinajstić information content (AvgIpc) is 2.88. The SMILES string of the molecule is O=C([C@@H]1CC=C(c2ccncc2)CC1)N1CCN(S(=O)(=O)c2ccc3cc(Cl)ccc3c2)CC1. The Morgan fingerprint density at radius 3 is 2.35 bits per heavy atom. The van der Waals surface area contributed by atoms with Crippen molar-refractivity contribution in [2.75, 3.05) is 26.2 Å². The lowest BCUT2D eigenvalue weighted by Crippen LogP contribution is -2.51. The number of fused-ring (bicyclic) bond motifs is 1. The maximum Gasteiger partial charge on any atom is 0.243 e. The number of hydrogen-bond donors (Lipinski definition) is 0. The smallest absolute Gasteiger partial charge is 0.243 e. The van der Waals surface area contributed by atoms with E-state index in [1.807, 2.05) is 29.2 Å². The summed E-state index contributed by atoms with van der Waals surface area (Å²) in [5.41, 5.74) is 2.43. The number of pyridine rings is 1. The summed E-state index contributed by atoms with van der Waals surface area (Å²) in [7, 11) is -3.63. The molecule has 2 aromatic carbocycles. The summed E-state index contributed by atoms with van der Waals surface area (Å²) in [6.07, 6.45) is 8.13. The first-order valence-corrected chi connectivity index (χ1v) is 13.3. The zero-order valence-electron chi connectivity index (χ0n) is 18.7. The molecular weight excluding hydrogens is 470 g/mol. The van der Waals surface area contributed by atoms with Crippen molar-refractivity contribution >= 4 is 43.9 Å². The number of carbonyl (C=O) groups excluding carboxylic acids is 1. The van der Waals surface area contributed by atoms with Gasteiger partial charge in [0.2, 0.25) is 15.9 Å². The van der Waals surface area contributed by atoms with Crippen molar-refractivity contribution in [2.45, 2.75) is 24.2 Å². The molecule has 0 spiro atoms. The molecule has 8 heteroatoms. The highest BCUT2D eigenvalue weighted by Crippen LogP contribution is 2.31. The van der Waals surface area contributed by atoms with Crippen LogP contribution in [0.5, 0.6) is 0 Å². The maximum atomic E-state index is 13.2. The lowest BCUT2D eigenvalue weighted by atomic mass is 9.86. The molecule has 0 N–H and O–H groups in total. The molecule has 176 valence electrons. The Morgan fingerprint density at radius 2 is 1.65 bits per heavy atom. The number of halogens is 1. The van der Waals surface area contributed by atoms with E-state index in [2.05, 4.69) is 11.1 Å². The molecule has 0 radical (unpaired) electrons. The molecule has 1 aliphatic heterocycles. The number of aromatic nitrogens is 1. The van der Waals surface area contributed by atoms with Crippen LogP contribution in [0.25, 0.3) is 16.3 Å². The molecule has 6 nitrogen and oxygen atoms in total. The van der Waals surface area contributed by atoms with Gasteiger partial charge in [-0.3, -0.25) is 9.78 Å². The predicted octanol–water partition coefficient (Wildman–Crippen LogP) is 4.60. The largest absolute Gasteiger partial charge is 0.340 e. The molecular formula is C26H26ClN3O3S. The van der Waals surface area contributed by atoms with Gasteiger partial charge in [0.05, 0.1) is 4.90 Å². The van der Waals surface area contributed by atoms with Gasteiger partial charge in [-0.1, -0.05) is 29.8 Å². The number of nitrogens with zero attached hydrogens (tertiary/aromatic N) is 3. The fourth-order valence-corrected chi connectivity index (χ4v) is 6.44. The number of allylic oxidation sites excluding steroid dienone is 2. The number of sulfonamides is 1. The van der Waals surface area contributed by atoms with Gasteiger partial charge in [0, 0.05) is 49.5 Å². The first kappa shape index (κ1) is 23.0. The Kier molecular flexibility index (Phi) is 6.42. The van der Waals surface area contributed by atoms with Crippen LogP contribution in [0.15, 0.2) is 71.9 Å². The van der Waals surface area contributed by atoms with Gasteiger partial charge in [0.1, 0.15) is 0 Å². The summed E-state index contributed by atoms with van der Waals surface area (Å²) in [5.74, 6) is 0.0886. The van der Waals surface area contributed by atoms with Crippen molar-refractivity contribution in [2.24, 2.45) is 5.92 Å². The van der Waals surface area contributed by atoms with E-state index >= 15 is 0 Å². The van der Waals surface area contributed by atoms with Crippen molar-refractivity contribution in [1.82, 2.24) is 14.2 Å². The van der Waals surface area contributed by atoms with Crippen LogP contribution in [0.3, 0.4) is 0 Å². The van der Waals surface area contributed by atoms with Crippen molar-refractivity contribution in [3.63, 3.8) is 0 Å². The Hall–Kier alpha value is -2.74. The third-order valence-electron chi connectivity index (χ3n) is 6.77. The Bertz CT molecular complexity index is 1350. The van der Waals surface area contributed by atoms with Gasteiger partial charge in [-0.05, 0) is 77.6 Å². The quantitative estimate of drug-likeness (QED) is 0.530. The van der Waals surface area contributed by atoms with Gasteiger partial charge in [0.15, 0.2) is 0 Å². The monoisotopic (exact) mass is 495 g/mol. The minimum atomic E-state index is -3.63. The van der Waals surface area contributed by atoms with Crippen LogP contribution in [0.1, 0.15) is 24.8 Å². The fraction of sp³-hybridized carbons (Fsp3) is 0.308. The first-order valence-electron chi connectivity index (χ1n) is 11.5. The summed E-state index contributed by atoms with van der Waals surface area (Å²) in [4.78, 5) is 19.3. The van der Waals surface area contributed by atoms with E-state index in [4.69, 9.17) is 11.6 Å². The number of rotatable bonds is 4. The second-order valence-electron chi connectivity index (χ2n) is 8.82. The van der Waals surface area contributed by atoms with Crippen LogP contribution in [0, 0.1) is 5.92 Å². The summed E-state index contributed by atoms with van der Waals surface area (Å²) in [5, 5.41) is 2.34. The molecule has 0 saturated carbocycles. The van der Waals surface area contributed by atoms with E-state index in [-0.39, 0.29) is 16.7 Å². The van der Waals surface area contributed by atoms with Gasteiger partial charge < -0.3 is 4.90 Å². The molecule has 1 aliphatic carbocycles. The van der Waals surface area contributed by atoms with Crippen molar-refractivity contribution < 1.29 is 13.2 Å². The predicted molar refractivity (Wildman–Crippen MR) is 134 cm³/mol. The molecule has 2 aliphatic rings. The van der Waals surface area contributed by atoms with Crippen LogP contribution in [-0.2, 0) is 14.8 Å². The number of hydrogen-bond acceptors (Lipinski definition) is 4. The number of amides is 1. The molecule has 1 saturated heterocycles. The Balaban J connectivity index is 1.22. The normalized spacial score (nSPS) is 19.7. The van der Waals surface area contributed by atoms with E-state index in [1.165, 1.54) is 9.88 Å². The van der Waals surface area contributed by atoms with Crippen LogP contribution >= 0.6 is 11.6 Å². The van der Waals surface area contributed by atoms with Gasteiger partial charge in [0.25, 0.3) is 0 Å². The van der Waals surface area contributed by atoms with Gasteiger partial charge >= 0.3 is 0 Å². The molecule has 5 rings (SSSR count). The van der Waals surface area contributed by atoms with Crippen LogP contribution in [0.2, 0.25) is 5.02 Å². The second-order valence-corrected chi connectivity index (χ2v) is 11.2. The highest BCUT2D eigenvalue weighted by atomic mass is 35.5. The first-order chi connectivity index (χ1) is 16.4. The third-order valence-corrected chi connectivity index (χ3v) is 8.90. The molecule has 2 heterocycles. The summed E-state index contributed by atoms with van der Waals surface area (Å²) in [6, 6.07) is 14.5. The topological polar surface area (TPSA) is 70.6 Å². The molecule has 1 aromatic heterocycles. The molecule has 0 bridgehead atoms. The van der Waals surface area contributed by atoms with E-state index in [0.717, 1.165) is 35.6 Å². The number of benzene rings is 2. The zero-order chi connectivity index (χ0) is 23.7. The summed E-state index contributed by atoms with van der Waals surface area (Å²) >= 11 is 6.04. The highest BCUT2D eigenvalue weighted by molar-refractivity contribution is 7.89. The molecule has 1 amide bonds. The number of piperazine rings is 1. The molecule has 3 aromatic rings. The molecule has 34 heavy (non-hydrogen) atoms. The van der Waals surface area contributed by atoms with Gasteiger partial charge in [-0.15, -0.1) is 0 Å². The summed E-state index contributed by atoms with van der Waals surface area (Å²) < 4.78 is 27.9. The molecule has 1 atom stereocenters. The average molecular weight is 496 g/mol. The molecule has 1 fully saturated rings. The van der Waals surface area contributed by atoms with Crippen molar-refractivity contribution in [1.29, 1.82) is 0 Å². The number of carbonyl (C=O) groups is 1. The van der Waals surface area contributed by atoms with Gasteiger partial charge in [-0.25, -0.2) is 8.42 Å². The molecule has 0 unspecified atom stereocenters. The minimum Gasteiger partial charge on any atom is -0.340 e.